The molecule has 1 aliphatic heterocycles. The molecule has 0 radical (unpaired) electrons. The van der Waals surface area contributed by atoms with E-state index >= 15 is 0 Å². The lowest BCUT2D eigenvalue weighted by molar-refractivity contribution is -0.131. The van der Waals surface area contributed by atoms with Crippen LogP contribution in [0.25, 0.3) is 0 Å². The summed E-state index contributed by atoms with van der Waals surface area (Å²) in [5, 5.41) is 9.06. The SMILES string of the molecule is CCn1c(CCCC(C)(C)C)nnc1[C@@H]1[C@@H](C(=O)CCc2ccc(C)cc2OC)CCN1C(C)=O. The molecular weight excluding hydrogens is 440 g/mol. The lowest BCUT2D eigenvalue weighted by atomic mass is 9.89. The highest BCUT2D eigenvalue weighted by Gasteiger charge is 2.43. The molecule has 1 saturated heterocycles. The van der Waals surface area contributed by atoms with Crippen LogP contribution in [0, 0.1) is 18.3 Å². The van der Waals surface area contributed by atoms with Crippen molar-refractivity contribution in [1.29, 1.82) is 0 Å². The monoisotopic (exact) mass is 482 g/mol. The van der Waals surface area contributed by atoms with Crippen LogP contribution < -0.4 is 4.74 Å². The maximum absolute atomic E-state index is 13.5. The fraction of sp³-hybridized carbons (Fsp3) is 0.643. The Morgan fingerprint density at radius 1 is 1.17 bits per heavy atom. The zero-order valence-electron chi connectivity index (χ0n) is 22.6. The fourth-order valence-electron chi connectivity index (χ4n) is 5.18. The van der Waals surface area contributed by atoms with Gasteiger partial charge in [0.1, 0.15) is 23.4 Å². The number of hydrogen-bond donors (Lipinski definition) is 0. The third kappa shape index (κ3) is 6.50. The van der Waals surface area contributed by atoms with E-state index in [0.29, 0.717) is 25.8 Å². The summed E-state index contributed by atoms with van der Waals surface area (Å²) in [6.45, 7) is 13.7. The van der Waals surface area contributed by atoms with Gasteiger partial charge in [-0.15, -0.1) is 10.2 Å². The van der Waals surface area contributed by atoms with E-state index in [1.807, 2.05) is 30.0 Å². The van der Waals surface area contributed by atoms with Gasteiger partial charge in [0.25, 0.3) is 0 Å². The van der Waals surface area contributed by atoms with Crippen molar-refractivity contribution in [1.82, 2.24) is 19.7 Å². The average Bonchev–Trinajstić information content (AvgIpc) is 3.40. The minimum absolute atomic E-state index is 0.0227. The van der Waals surface area contributed by atoms with Gasteiger partial charge >= 0.3 is 0 Å². The zero-order chi connectivity index (χ0) is 25.8. The van der Waals surface area contributed by atoms with Crippen molar-refractivity contribution in [3.8, 4) is 5.75 Å². The largest absolute Gasteiger partial charge is 0.496 e. The van der Waals surface area contributed by atoms with Crippen LogP contribution in [0.5, 0.6) is 5.75 Å². The first kappa shape index (κ1) is 26.9. The Labute approximate surface area is 210 Å². The molecule has 0 aliphatic carbocycles. The van der Waals surface area contributed by atoms with Gasteiger partial charge in [-0.05, 0) is 62.1 Å². The number of rotatable bonds is 10. The Morgan fingerprint density at radius 2 is 1.91 bits per heavy atom. The summed E-state index contributed by atoms with van der Waals surface area (Å²) < 4.78 is 7.65. The van der Waals surface area contributed by atoms with Crippen molar-refractivity contribution in [2.75, 3.05) is 13.7 Å². The lowest BCUT2D eigenvalue weighted by Gasteiger charge is -2.27. The highest BCUT2D eigenvalue weighted by Crippen LogP contribution is 2.38. The molecule has 2 aromatic rings. The van der Waals surface area contributed by atoms with Gasteiger partial charge in [0.15, 0.2) is 5.82 Å². The molecule has 35 heavy (non-hydrogen) atoms. The van der Waals surface area contributed by atoms with Crippen LogP contribution in [0.1, 0.15) is 89.1 Å². The van der Waals surface area contributed by atoms with Crippen LogP contribution in [0.4, 0.5) is 0 Å². The number of carbonyl (C=O) groups excluding carboxylic acids is 2. The van der Waals surface area contributed by atoms with Crippen LogP contribution in [0.15, 0.2) is 18.2 Å². The molecule has 0 spiro atoms. The van der Waals surface area contributed by atoms with Crippen molar-refractivity contribution in [3.63, 3.8) is 0 Å². The second kappa shape index (κ2) is 11.4. The molecular formula is C28H42N4O3. The molecule has 7 heteroatoms. The van der Waals surface area contributed by atoms with Crippen molar-refractivity contribution < 1.29 is 14.3 Å². The number of ether oxygens (including phenoxy) is 1. The quantitative estimate of drug-likeness (QED) is 0.471. The molecule has 1 aromatic heterocycles. The predicted octanol–water partition coefficient (Wildman–Crippen LogP) is 5.10. The van der Waals surface area contributed by atoms with E-state index in [-0.39, 0.29) is 29.1 Å². The minimum Gasteiger partial charge on any atom is -0.496 e. The third-order valence-electron chi connectivity index (χ3n) is 7.06. The molecule has 0 saturated carbocycles. The summed E-state index contributed by atoms with van der Waals surface area (Å²) in [6, 6.07) is 5.72. The summed E-state index contributed by atoms with van der Waals surface area (Å²) in [6.07, 6.45) is 4.66. The average molecular weight is 483 g/mol. The molecule has 1 amide bonds. The number of ketones is 1. The predicted molar refractivity (Wildman–Crippen MR) is 137 cm³/mol. The van der Waals surface area contributed by atoms with Crippen molar-refractivity contribution in [2.45, 2.75) is 92.7 Å². The molecule has 1 aromatic carbocycles. The highest BCUT2D eigenvalue weighted by molar-refractivity contribution is 5.84. The third-order valence-corrected chi connectivity index (χ3v) is 7.06. The Balaban J connectivity index is 1.81. The van der Waals surface area contributed by atoms with Crippen LogP contribution >= 0.6 is 0 Å². The van der Waals surface area contributed by atoms with E-state index < -0.39 is 0 Å². The van der Waals surface area contributed by atoms with Crippen LogP contribution in [-0.2, 0) is 29.0 Å². The van der Waals surface area contributed by atoms with Gasteiger partial charge in [0, 0.05) is 38.8 Å². The summed E-state index contributed by atoms with van der Waals surface area (Å²) >= 11 is 0. The Morgan fingerprint density at radius 3 is 2.54 bits per heavy atom. The Hall–Kier alpha value is -2.70. The second-order valence-electron chi connectivity index (χ2n) is 11.0. The molecule has 2 heterocycles. The lowest BCUT2D eigenvalue weighted by Crippen LogP contribution is -2.34. The topological polar surface area (TPSA) is 77.3 Å². The number of hydrogen-bond acceptors (Lipinski definition) is 5. The van der Waals surface area contributed by atoms with Crippen LogP contribution in [0.3, 0.4) is 0 Å². The fourth-order valence-corrected chi connectivity index (χ4v) is 5.18. The van der Waals surface area contributed by atoms with Gasteiger partial charge < -0.3 is 14.2 Å². The summed E-state index contributed by atoms with van der Waals surface area (Å²) in [5.41, 5.74) is 2.43. The van der Waals surface area contributed by atoms with Gasteiger partial charge in [-0.2, -0.15) is 0 Å². The van der Waals surface area contributed by atoms with E-state index in [2.05, 4.69) is 42.5 Å². The normalized spacial score (nSPS) is 18.2. The first-order valence-corrected chi connectivity index (χ1v) is 12.9. The summed E-state index contributed by atoms with van der Waals surface area (Å²) in [5.74, 6) is 2.38. The summed E-state index contributed by atoms with van der Waals surface area (Å²) in [7, 11) is 1.66. The molecule has 2 atom stereocenters. The Bertz CT molecular complexity index is 1040. The molecule has 1 fully saturated rings. The molecule has 0 unspecified atom stereocenters. The highest BCUT2D eigenvalue weighted by atomic mass is 16.5. The number of aryl methyl sites for hydroxylation is 3. The molecule has 7 nitrogen and oxygen atoms in total. The maximum atomic E-state index is 13.5. The number of benzene rings is 1. The second-order valence-corrected chi connectivity index (χ2v) is 11.0. The van der Waals surface area contributed by atoms with Gasteiger partial charge in [-0.3, -0.25) is 9.59 Å². The van der Waals surface area contributed by atoms with Gasteiger partial charge in [0.05, 0.1) is 7.11 Å². The van der Waals surface area contributed by atoms with Crippen molar-refractivity contribution in [2.24, 2.45) is 11.3 Å². The standard InChI is InChI=1S/C28H42N4O3/c1-8-31-25(10-9-16-28(4,5)6)29-30-27(31)26-22(15-17-32(26)20(3)33)23(34)14-13-21-12-11-19(2)18-24(21)35-7/h11-12,18,22,26H,8-10,13-17H2,1-7H3/t22-,26+/m1/s1. The first-order chi connectivity index (χ1) is 16.6. The summed E-state index contributed by atoms with van der Waals surface area (Å²) in [4.78, 5) is 27.8. The number of likely N-dealkylation sites (tertiary alicyclic amines) is 1. The molecule has 192 valence electrons. The number of aromatic nitrogens is 3. The van der Waals surface area contributed by atoms with E-state index in [0.717, 1.165) is 54.3 Å². The molecule has 3 rings (SSSR count). The van der Waals surface area contributed by atoms with Crippen molar-refractivity contribution >= 4 is 11.7 Å². The zero-order valence-corrected chi connectivity index (χ0v) is 22.6. The smallest absolute Gasteiger partial charge is 0.220 e. The number of amides is 1. The van der Waals surface area contributed by atoms with E-state index in [1.165, 1.54) is 0 Å². The van der Waals surface area contributed by atoms with Crippen LogP contribution in [0.2, 0.25) is 0 Å². The number of nitrogens with zero attached hydrogens (tertiary/aromatic N) is 4. The van der Waals surface area contributed by atoms with Gasteiger partial charge in [-0.1, -0.05) is 32.9 Å². The maximum Gasteiger partial charge on any atom is 0.220 e. The van der Waals surface area contributed by atoms with Gasteiger partial charge in [0.2, 0.25) is 5.91 Å². The molecule has 1 aliphatic rings. The van der Waals surface area contributed by atoms with Crippen LogP contribution in [-0.4, -0.2) is 45.0 Å². The number of Topliss-reactive ketones (excluding diaryl/α,β-unsaturated/α-hetero) is 1. The van der Waals surface area contributed by atoms with E-state index in [1.54, 1.807) is 14.0 Å². The van der Waals surface area contributed by atoms with E-state index in [9.17, 15) is 9.59 Å². The number of methoxy groups -OCH3 is 1. The Kier molecular flexibility index (Phi) is 8.73. The first-order valence-electron chi connectivity index (χ1n) is 12.9. The van der Waals surface area contributed by atoms with Gasteiger partial charge in [-0.25, -0.2) is 0 Å². The number of carbonyl (C=O) groups is 2. The van der Waals surface area contributed by atoms with E-state index in [4.69, 9.17) is 4.74 Å². The minimum atomic E-state index is -0.358. The van der Waals surface area contributed by atoms with Crippen molar-refractivity contribution in [3.05, 3.63) is 41.0 Å². The molecule has 0 bridgehead atoms. The molecule has 0 N–H and O–H groups in total.